The number of amides is 1. The first-order valence-corrected chi connectivity index (χ1v) is 6.30. The molecule has 0 atom stereocenters. The molecule has 0 fully saturated rings. The highest BCUT2D eigenvalue weighted by atomic mass is 16.3. The molecule has 0 unspecified atom stereocenters. The van der Waals surface area contributed by atoms with Crippen LogP contribution in [0, 0.1) is 0 Å². The molecule has 0 radical (unpaired) electrons. The third-order valence-electron chi connectivity index (χ3n) is 2.80. The molecular formula is C12H26N2O2. The molecule has 0 aromatic rings. The lowest BCUT2D eigenvalue weighted by Gasteiger charge is -2.21. The van der Waals surface area contributed by atoms with E-state index in [0.29, 0.717) is 12.6 Å². The lowest BCUT2D eigenvalue weighted by molar-refractivity contribution is -0.123. The minimum absolute atomic E-state index is 0.0912. The van der Waals surface area contributed by atoms with Crippen molar-refractivity contribution in [3.8, 4) is 0 Å². The van der Waals surface area contributed by atoms with E-state index in [1.807, 2.05) is 11.8 Å². The van der Waals surface area contributed by atoms with Crippen LogP contribution in [0.15, 0.2) is 0 Å². The third-order valence-corrected chi connectivity index (χ3v) is 2.80. The zero-order chi connectivity index (χ0) is 12.4. The molecule has 0 aromatic heterocycles. The Bertz CT molecular complexity index is 182. The van der Waals surface area contributed by atoms with Crippen molar-refractivity contribution in [2.24, 2.45) is 0 Å². The summed E-state index contributed by atoms with van der Waals surface area (Å²) in [5.41, 5.74) is 0. The van der Waals surface area contributed by atoms with Crippen molar-refractivity contribution < 1.29 is 9.90 Å². The van der Waals surface area contributed by atoms with E-state index in [2.05, 4.69) is 19.2 Å². The molecule has 1 amide bonds. The molecule has 0 aliphatic heterocycles. The molecule has 4 nitrogen and oxygen atoms in total. The van der Waals surface area contributed by atoms with Crippen molar-refractivity contribution >= 4 is 5.91 Å². The lowest BCUT2D eigenvalue weighted by atomic mass is 10.2. The number of likely N-dealkylation sites (N-methyl/N-ethyl adjacent to an activating group) is 1. The first kappa shape index (κ1) is 15.4. The molecule has 2 N–H and O–H groups in total. The van der Waals surface area contributed by atoms with Gasteiger partial charge >= 0.3 is 0 Å². The molecule has 0 saturated carbocycles. The first-order chi connectivity index (χ1) is 7.67. The molecule has 0 spiro atoms. The normalized spacial score (nSPS) is 11.1. The minimum Gasteiger partial charge on any atom is -0.396 e. The van der Waals surface area contributed by atoms with Gasteiger partial charge in [-0.05, 0) is 25.8 Å². The standard InChI is InChI=1S/C12H26N2O2/c1-4-11(5-2)13-12(16)10-14(6-3)8-7-9-15/h11,15H,4-10H2,1-3H3,(H,13,16). The van der Waals surface area contributed by atoms with Crippen LogP contribution in [-0.4, -0.2) is 48.2 Å². The van der Waals surface area contributed by atoms with Crippen LogP contribution in [0.2, 0.25) is 0 Å². The van der Waals surface area contributed by atoms with Crippen LogP contribution in [0.4, 0.5) is 0 Å². The average molecular weight is 230 g/mol. The summed E-state index contributed by atoms with van der Waals surface area (Å²) >= 11 is 0. The van der Waals surface area contributed by atoms with Crippen LogP contribution in [0.5, 0.6) is 0 Å². The van der Waals surface area contributed by atoms with Crippen molar-refractivity contribution in [1.29, 1.82) is 0 Å². The summed E-state index contributed by atoms with van der Waals surface area (Å²) in [5.74, 6) is 0.0912. The van der Waals surface area contributed by atoms with Crippen molar-refractivity contribution in [3.63, 3.8) is 0 Å². The molecule has 0 aliphatic carbocycles. The number of carbonyl (C=O) groups is 1. The van der Waals surface area contributed by atoms with Crippen molar-refractivity contribution in [2.45, 2.75) is 46.1 Å². The number of rotatable bonds is 9. The fraction of sp³-hybridized carbons (Fsp3) is 0.917. The van der Waals surface area contributed by atoms with Gasteiger partial charge < -0.3 is 10.4 Å². The van der Waals surface area contributed by atoms with Crippen molar-refractivity contribution in [3.05, 3.63) is 0 Å². The molecular weight excluding hydrogens is 204 g/mol. The second kappa shape index (κ2) is 9.60. The zero-order valence-electron chi connectivity index (χ0n) is 10.8. The Morgan fingerprint density at radius 1 is 1.31 bits per heavy atom. The van der Waals surface area contributed by atoms with E-state index in [1.165, 1.54) is 0 Å². The molecule has 4 heteroatoms. The Kier molecular flexibility index (Phi) is 9.24. The Morgan fingerprint density at radius 2 is 1.94 bits per heavy atom. The molecule has 0 heterocycles. The van der Waals surface area contributed by atoms with Gasteiger partial charge in [-0.25, -0.2) is 0 Å². The number of hydrogen-bond acceptors (Lipinski definition) is 3. The molecule has 0 saturated heterocycles. The molecule has 0 aromatic carbocycles. The Hall–Kier alpha value is -0.610. The van der Waals surface area contributed by atoms with E-state index < -0.39 is 0 Å². The maximum Gasteiger partial charge on any atom is 0.234 e. The predicted octanol–water partition coefficient (Wildman–Crippen LogP) is 0.995. The van der Waals surface area contributed by atoms with Gasteiger partial charge in [0.2, 0.25) is 5.91 Å². The Morgan fingerprint density at radius 3 is 2.38 bits per heavy atom. The summed E-state index contributed by atoms with van der Waals surface area (Å²) < 4.78 is 0. The van der Waals surface area contributed by atoms with E-state index in [9.17, 15) is 4.79 Å². The number of carbonyl (C=O) groups excluding carboxylic acids is 1. The van der Waals surface area contributed by atoms with E-state index in [1.54, 1.807) is 0 Å². The highest BCUT2D eigenvalue weighted by molar-refractivity contribution is 5.78. The average Bonchev–Trinajstić information content (AvgIpc) is 2.31. The SMILES string of the molecule is CCC(CC)NC(=O)CN(CC)CCCO. The van der Waals surface area contributed by atoms with Gasteiger partial charge in [-0.15, -0.1) is 0 Å². The van der Waals surface area contributed by atoms with Gasteiger partial charge in [-0.3, -0.25) is 9.69 Å². The van der Waals surface area contributed by atoms with Crippen LogP contribution in [0.25, 0.3) is 0 Å². The van der Waals surface area contributed by atoms with Gasteiger partial charge in [0, 0.05) is 19.2 Å². The van der Waals surface area contributed by atoms with Crippen LogP contribution in [0.3, 0.4) is 0 Å². The largest absolute Gasteiger partial charge is 0.396 e. The predicted molar refractivity (Wildman–Crippen MR) is 66.3 cm³/mol. The van der Waals surface area contributed by atoms with Crippen LogP contribution >= 0.6 is 0 Å². The summed E-state index contributed by atoms with van der Waals surface area (Å²) in [5, 5.41) is 11.8. The molecule has 0 bridgehead atoms. The fourth-order valence-corrected chi connectivity index (χ4v) is 1.61. The smallest absolute Gasteiger partial charge is 0.234 e. The summed E-state index contributed by atoms with van der Waals surface area (Å²) in [6.45, 7) is 8.44. The van der Waals surface area contributed by atoms with Gasteiger partial charge in [0.05, 0.1) is 6.54 Å². The van der Waals surface area contributed by atoms with Crippen LogP contribution < -0.4 is 5.32 Å². The first-order valence-electron chi connectivity index (χ1n) is 6.30. The maximum atomic E-state index is 11.7. The minimum atomic E-state index is 0.0912. The number of aliphatic hydroxyl groups is 1. The topological polar surface area (TPSA) is 52.6 Å². The monoisotopic (exact) mass is 230 g/mol. The second-order valence-electron chi connectivity index (χ2n) is 4.03. The molecule has 0 rings (SSSR count). The Balaban J connectivity index is 3.89. The highest BCUT2D eigenvalue weighted by Crippen LogP contribution is 1.97. The van der Waals surface area contributed by atoms with Gasteiger partial charge in [-0.1, -0.05) is 20.8 Å². The summed E-state index contributed by atoms with van der Waals surface area (Å²) in [7, 11) is 0. The van der Waals surface area contributed by atoms with E-state index >= 15 is 0 Å². The lowest BCUT2D eigenvalue weighted by Crippen LogP contribution is -2.42. The van der Waals surface area contributed by atoms with E-state index in [0.717, 1.165) is 32.4 Å². The zero-order valence-corrected chi connectivity index (χ0v) is 10.8. The molecule has 96 valence electrons. The number of hydrogen-bond donors (Lipinski definition) is 2. The summed E-state index contributed by atoms with van der Waals surface area (Å²) in [6, 6.07) is 0.295. The number of nitrogens with one attached hydrogen (secondary N) is 1. The number of aliphatic hydroxyl groups excluding tert-OH is 1. The van der Waals surface area contributed by atoms with Gasteiger partial charge in [0.25, 0.3) is 0 Å². The van der Waals surface area contributed by atoms with Gasteiger partial charge in [0.1, 0.15) is 0 Å². The second-order valence-corrected chi connectivity index (χ2v) is 4.03. The van der Waals surface area contributed by atoms with E-state index in [4.69, 9.17) is 5.11 Å². The van der Waals surface area contributed by atoms with Crippen LogP contribution in [-0.2, 0) is 4.79 Å². The van der Waals surface area contributed by atoms with E-state index in [-0.39, 0.29) is 12.5 Å². The quantitative estimate of drug-likeness (QED) is 0.621. The maximum absolute atomic E-state index is 11.7. The van der Waals surface area contributed by atoms with Gasteiger partial charge in [-0.2, -0.15) is 0 Å². The summed E-state index contributed by atoms with van der Waals surface area (Å²) in [4.78, 5) is 13.7. The third kappa shape index (κ3) is 6.80. The summed E-state index contributed by atoms with van der Waals surface area (Å²) in [6.07, 6.45) is 2.68. The van der Waals surface area contributed by atoms with Gasteiger partial charge in [0.15, 0.2) is 0 Å². The van der Waals surface area contributed by atoms with Crippen molar-refractivity contribution in [2.75, 3.05) is 26.2 Å². The molecule has 16 heavy (non-hydrogen) atoms. The number of nitrogens with zero attached hydrogens (tertiary/aromatic N) is 1. The Labute approximate surface area is 99.0 Å². The van der Waals surface area contributed by atoms with Crippen molar-refractivity contribution in [1.82, 2.24) is 10.2 Å². The van der Waals surface area contributed by atoms with Crippen LogP contribution in [0.1, 0.15) is 40.0 Å². The fourth-order valence-electron chi connectivity index (χ4n) is 1.61. The highest BCUT2D eigenvalue weighted by Gasteiger charge is 2.11. The molecule has 0 aliphatic rings.